The number of nitrogens with zero attached hydrogens (tertiary/aromatic N) is 1. The maximum Gasteiger partial charge on any atom is 0.326 e. The molecule has 0 aliphatic rings. The first kappa shape index (κ1) is 12.8. The van der Waals surface area contributed by atoms with Crippen molar-refractivity contribution in [3.8, 4) is 0 Å². The number of aliphatic imine (C=N–C) groups is 1. The predicted octanol–water partition coefficient (Wildman–Crippen LogP) is -0.996. The van der Waals surface area contributed by atoms with E-state index in [1.54, 1.807) is 0 Å². The first-order valence-electron chi connectivity index (χ1n) is 5.07. The molecule has 0 saturated heterocycles. The number of amides is 1. The first-order valence-corrected chi connectivity index (χ1v) is 5.41. The van der Waals surface area contributed by atoms with Crippen LogP contribution in [0.5, 0.6) is 0 Å². The number of aliphatic carboxylic acids is 1. The van der Waals surface area contributed by atoms with Crippen molar-refractivity contribution in [3.05, 3.63) is 0 Å². The summed E-state index contributed by atoms with van der Waals surface area (Å²) in [7, 11) is 0. The molecule has 1 unspecified atom stereocenters. The maximum absolute atomic E-state index is 11.1. The molecule has 6 N–H and O–H groups in total. The summed E-state index contributed by atoms with van der Waals surface area (Å²) in [6.45, 7) is 0.292. The molecule has 0 bridgehead atoms. The first-order chi connectivity index (χ1) is 7.84. The summed E-state index contributed by atoms with van der Waals surface area (Å²) in [5, 5.41) is 9.88. The Balaban J connectivity index is 4.13. The SMILES string of the molecule is [2H]C(Br)C(=O)N[C@@H](CCCN=C(N)N)C(=O)O. The summed E-state index contributed by atoms with van der Waals surface area (Å²) in [5.41, 5.74) is 10.2. The van der Waals surface area contributed by atoms with E-state index in [0.29, 0.717) is 13.0 Å². The molecule has 1 amide bonds. The summed E-state index contributed by atoms with van der Waals surface area (Å²) in [6.07, 6.45) is 0.609. The lowest BCUT2D eigenvalue weighted by atomic mass is 10.1. The van der Waals surface area contributed by atoms with Gasteiger partial charge in [-0.25, -0.2) is 4.79 Å². The molecule has 2 atom stereocenters. The molecule has 0 fully saturated rings. The van der Waals surface area contributed by atoms with E-state index in [2.05, 4.69) is 26.2 Å². The Morgan fingerprint density at radius 1 is 1.56 bits per heavy atom. The van der Waals surface area contributed by atoms with Crippen molar-refractivity contribution in [1.29, 1.82) is 0 Å². The standard InChI is InChI=1S/C8H15BrN4O3/c9-4-6(14)13-5(7(15)16)2-1-3-12-8(10)11/h5H,1-4H2,(H,13,14)(H,15,16)(H4,10,11,12)/t5-/m0/s1/i4D/t4?,5-. The summed E-state index contributed by atoms with van der Waals surface area (Å²) < 4.78 is 7.04. The minimum Gasteiger partial charge on any atom is -0.480 e. The third kappa shape index (κ3) is 7.04. The topological polar surface area (TPSA) is 131 Å². The number of carboxylic acid groups (broad SMARTS) is 1. The van der Waals surface area contributed by atoms with Crippen LogP contribution in [0.25, 0.3) is 0 Å². The van der Waals surface area contributed by atoms with Gasteiger partial charge >= 0.3 is 5.97 Å². The number of nitrogens with two attached hydrogens (primary N) is 2. The molecule has 0 spiro atoms. The van der Waals surface area contributed by atoms with Crippen molar-refractivity contribution < 1.29 is 16.1 Å². The van der Waals surface area contributed by atoms with Crippen LogP contribution in [0.15, 0.2) is 4.99 Å². The number of carbonyl (C=O) groups is 2. The summed E-state index contributed by atoms with van der Waals surface area (Å²) in [6, 6.07) is -1.04. The Morgan fingerprint density at radius 3 is 2.62 bits per heavy atom. The van der Waals surface area contributed by atoms with Crippen LogP contribution in [0.3, 0.4) is 0 Å². The molecule has 0 aromatic carbocycles. The van der Waals surface area contributed by atoms with E-state index in [1.165, 1.54) is 0 Å². The molecule has 7 nitrogen and oxygen atoms in total. The largest absolute Gasteiger partial charge is 0.480 e. The van der Waals surface area contributed by atoms with Crippen LogP contribution in [0.2, 0.25) is 0 Å². The van der Waals surface area contributed by atoms with Crippen LogP contribution < -0.4 is 16.8 Å². The van der Waals surface area contributed by atoms with E-state index >= 15 is 0 Å². The van der Waals surface area contributed by atoms with E-state index in [1.807, 2.05) is 0 Å². The Morgan fingerprint density at radius 2 is 2.19 bits per heavy atom. The zero-order valence-electron chi connectivity index (χ0n) is 9.52. The number of hydrogen-bond acceptors (Lipinski definition) is 3. The molecular weight excluding hydrogens is 280 g/mol. The quantitative estimate of drug-likeness (QED) is 0.207. The zero-order chi connectivity index (χ0) is 13.4. The minimum absolute atomic E-state index is 0.0624. The average Bonchev–Trinajstić information content (AvgIpc) is 2.21. The zero-order valence-corrected chi connectivity index (χ0v) is 10.1. The van der Waals surface area contributed by atoms with Crippen molar-refractivity contribution in [3.63, 3.8) is 0 Å². The lowest BCUT2D eigenvalue weighted by Crippen LogP contribution is -2.41. The summed E-state index contributed by atoms with van der Waals surface area (Å²) >= 11 is 2.73. The van der Waals surface area contributed by atoms with Crippen molar-refractivity contribution in [1.82, 2.24) is 5.32 Å². The molecule has 0 saturated carbocycles. The van der Waals surface area contributed by atoms with Crippen LogP contribution in [0, 0.1) is 0 Å². The Hall–Kier alpha value is -1.31. The highest BCUT2D eigenvalue weighted by Crippen LogP contribution is 1.99. The molecule has 0 aromatic heterocycles. The number of guanidine groups is 1. The summed E-state index contributed by atoms with van der Waals surface area (Å²) in [5.74, 6) is -1.91. The van der Waals surface area contributed by atoms with Gasteiger partial charge in [-0.3, -0.25) is 9.79 Å². The Labute approximate surface area is 103 Å². The molecule has 8 heteroatoms. The third-order valence-corrected chi connectivity index (χ3v) is 2.07. The smallest absolute Gasteiger partial charge is 0.326 e. The third-order valence-electron chi connectivity index (χ3n) is 1.66. The molecular formula is C8H15BrN4O3. The van der Waals surface area contributed by atoms with E-state index in [-0.39, 0.29) is 12.4 Å². The highest BCUT2D eigenvalue weighted by Gasteiger charge is 2.18. The fourth-order valence-electron chi connectivity index (χ4n) is 0.964. The van der Waals surface area contributed by atoms with Gasteiger partial charge in [0.25, 0.3) is 0 Å². The van der Waals surface area contributed by atoms with Crippen molar-refractivity contribution in [2.24, 2.45) is 16.5 Å². The van der Waals surface area contributed by atoms with Gasteiger partial charge in [0.2, 0.25) is 5.91 Å². The molecule has 16 heavy (non-hydrogen) atoms. The second-order valence-electron chi connectivity index (χ2n) is 2.96. The second kappa shape index (κ2) is 7.91. The van der Waals surface area contributed by atoms with Gasteiger partial charge in [-0.1, -0.05) is 15.9 Å². The lowest BCUT2D eigenvalue weighted by Gasteiger charge is -2.12. The van der Waals surface area contributed by atoms with Crippen molar-refractivity contribution in [2.45, 2.75) is 18.9 Å². The fourth-order valence-corrected chi connectivity index (χ4v) is 1.10. The van der Waals surface area contributed by atoms with Gasteiger partial charge in [0.15, 0.2) is 5.96 Å². The number of halogens is 1. The van der Waals surface area contributed by atoms with Gasteiger partial charge in [-0.2, -0.15) is 0 Å². The van der Waals surface area contributed by atoms with Crippen LogP contribution in [-0.4, -0.2) is 40.8 Å². The molecule has 0 aliphatic heterocycles. The van der Waals surface area contributed by atoms with E-state index in [0.717, 1.165) is 0 Å². The number of carbonyl (C=O) groups excluding carboxylic acids is 1. The van der Waals surface area contributed by atoms with E-state index in [4.69, 9.17) is 17.9 Å². The van der Waals surface area contributed by atoms with Gasteiger partial charge in [0, 0.05) is 7.92 Å². The van der Waals surface area contributed by atoms with Gasteiger partial charge in [-0.05, 0) is 12.8 Å². The maximum atomic E-state index is 11.1. The van der Waals surface area contributed by atoms with Crippen molar-refractivity contribution in [2.75, 3.05) is 11.9 Å². The highest BCUT2D eigenvalue weighted by atomic mass is 79.9. The summed E-state index contributed by atoms with van der Waals surface area (Å²) in [4.78, 5) is 25.6. The Kier molecular flexibility index (Phi) is 6.31. The number of rotatable bonds is 7. The molecule has 0 aromatic rings. The average molecular weight is 296 g/mol. The minimum atomic E-state index is -1.18. The van der Waals surface area contributed by atoms with Crippen LogP contribution in [0.1, 0.15) is 14.2 Å². The lowest BCUT2D eigenvalue weighted by molar-refractivity contribution is -0.141. The van der Waals surface area contributed by atoms with Crippen LogP contribution >= 0.6 is 15.9 Å². The number of hydrogen-bond donors (Lipinski definition) is 4. The van der Waals surface area contributed by atoms with Gasteiger partial charge in [-0.15, -0.1) is 0 Å². The van der Waals surface area contributed by atoms with Gasteiger partial charge < -0.3 is 21.9 Å². The monoisotopic (exact) mass is 295 g/mol. The highest BCUT2D eigenvalue weighted by molar-refractivity contribution is 9.09. The fraction of sp³-hybridized carbons (Fsp3) is 0.625. The van der Waals surface area contributed by atoms with Crippen LogP contribution in [0.4, 0.5) is 0 Å². The molecule has 0 aliphatic carbocycles. The van der Waals surface area contributed by atoms with Gasteiger partial charge in [0.1, 0.15) is 6.04 Å². The molecule has 0 radical (unpaired) electrons. The van der Waals surface area contributed by atoms with E-state index < -0.39 is 23.2 Å². The van der Waals surface area contributed by atoms with Gasteiger partial charge in [0.05, 0.1) is 5.31 Å². The Bertz CT molecular complexity index is 307. The van der Waals surface area contributed by atoms with Crippen LogP contribution in [-0.2, 0) is 9.59 Å². The van der Waals surface area contributed by atoms with E-state index in [9.17, 15) is 9.59 Å². The molecule has 0 rings (SSSR count). The normalized spacial score (nSPS) is 14.4. The second-order valence-corrected chi connectivity index (χ2v) is 3.42. The number of alkyl halides is 1. The molecule has 0 heterocycles. The van der Waals surface area contributed by atoms with Crippen molar-refractivity contribution >= 4 is 33.8 Å². The predicted molar refractivity (Wildman–Crippen MR) is 63.3 cm³/mol. The number of nitrogens with one attached hydrogen (secondary N) is 1. The molecule has 92 valence electrons. The number of carboxylic acids is 1.